The van der Waals surface area contributed by atoms with Crippen molar-refractivity contribution < 1.29 is 23.8 Å². The van der Waals surface area contributed by atoms with Gasteiger partial charge in [-0.2, -0.15) is 5.26 Å². The first-order valence-corrected chi connectivity index (χ1v) is 11.9. The Labute approximate surface area is 201 Å². The molecule has 0 bridgehead atoms. The number of benzene rings is 1. The Morgan fingerprint density at radius 1 is 1.24 bits per heavy atom. The van der Waals surface area contributed by atoms with Gasteiger partial charge in [0.05, 0.1) is 30.9 Å². The van der Waals surface area contributed by atoms with Gasteiger partial charge in [0.25, 0.3) is 5.91 Å². The molecule has 3 rings (SSSR count). The van der Waals surface area contributed by atoms with Crippen LogP contribution in [0.2, 0.25) is 5.02 Å². The van der Waals surface area contributed by atoms with E-state index in [1.165, 1.54) is 24.5 Å². The number of hydrogen-bond donors (Lipinski definition) is 1. The molecule has 0 saturated carbocycles. The predicted molar refractivity (Wildman–Crippen MR) is 128 cm³/mol. The van der Waals surface area contributed by atoms with Crippen molar-refractivity contribution in [2.45, 2.75) is 39.5 Å². The molecule has 174 valence electrons. The fourth-order valence-electron chi connectivity index (χ4n) is 3.69. The number of fused-ring (bicyclic) bond motifs is 1. The summed E-state index contributed by atoms with van der Waals surface area (Å²) in [5.41, 5.74) is 1.70. The topological polar surface area (TPSA) is 97.7 Å². The summed E-state index contributed by atoms with van der Waals surface area (Å²) in [4.78, 5) is 26.7. The van der Waals surface area contributed by atoms with E-state index < -0.39 is 11.9 Å². The fraction of sp³-hybridized carbons (Fsp3) is 0.375. The number of anilines is 1. The molecule has 0 spiro atoms. The van der Waals surface area contributed by atoms with E-state index in [1.807, 2.05) is 13.0 Å². The van der Waals surface area contributed by atoms with Crippen LogP contribution in [0.5, 0.6) is 11.5 Å². The quantitative estimate of drug-likeness (QED) is 0.303. The number of nitrogens with zero attached hydrogens (tertiary/aromatic N) is 1. The molecule has 2 aromatic rings. The largest absolute Gasteiger partial charge is 0.491 e. The van der Waals surface area contributed by atoms with Crippen molar-refractivity contribution in [1.29, 1.82) is 5.26 Å². The molecule has 1 amide bonds. The molecule has 1 aromatic heterocycles. The highest BCUT2D eigenvalue weighted by atomic mass is 35.5. The lowest BCUT2D eigenvalue weighted by Crippen LogP contribution is -2.16. The molecule has 0 atom stereocenters. The van der Waals surface area contributed by atoms with E-state index >= 15 is 0 Å². The fourth-order valence-corrected chi connectivity index (χ4v) is 5.26. The number of esters is 1. The second-order valence-electron chi connectivity index (χ2n) is 7.23. The number of nitrogens with one attached hydrogen (secondary N) is 1. The van der Waals surface area contributed by atoms with Crippen LogP contribution in [-0.4, -0.2) is 32.2 Å². The zero-order valence-corrected chi connectivity index (χ0v) is 20.3. The Morgan fingerprint density at radius 2 is 2.00 bits per heavy atom. The minimum Gasteiger partial charge on any atom is -0.491 e. The summed E-state index contributed by atoms with van der Waals surface area (Å²) < 4.78 is 16.1. The molecule has 33 heavy (non-hydrogen) atoms. The summed E-state index contributed by atoms with van der Waals surface area (Å²) in [5, 5.41) is 13.1. The normalized spacial score (nSPS) is 13.0. The average molecular weight is 489 g/mol. The highest BCUT2D eigenvalue weighted by molar-refractivity contribution is 7.17. The first kappa shape index (κ1) is 24.6. The number of methoxy groups -OCH3 is 1. The molecule has 7 nitrogen and oxygen atoms in total. The number of ether oxygens (including phenoxy) is 3. The lowest BCUT2D eigenvalue weighted by Gasteiger charge is -2.12. The van der Waals surface area contributed by atoms with Crippen LogP contribution in [0, 0.1) is 11.3 Å². The third kappa shape index (κ3) is 5.49. The number of nitriles is 1. The molecule has 1 heterocycles. The maximum atomic E-state index is 13.0. The Kier molecular flexibility index (Phi) is 8.37. The number of rotatable bonds is 8. The molecule has 0 unspecified atom stereocenters. The summed E-state index contributed by atoms with van der Waals surface area (Å²) in [5.74, 6) is -0.293. The summed E-state index contributed by atoms with van der Waals surface area (Å²) in [6.45, 7) is 4.19. The van der Waals surface area contributed by atoms with E-state index in [0.29, 0.717) is 39.3 Å². The van der Waals surface area contributed by atoms with Crippen molar-refractivity contribution >= 4 is 45.9 Å². The van der Waals surface area contributed by atoms with Crippen LogP contribution in [0.15, 0.2) is 17.7 Å². The third-order valence-corrected chi connectivity index (χ3v) is 6.58. The molecule has 1 aromatic carbocycles. The van der Waals surface area contributed by atoms with Crippen molar-refractivity contribution in [2.24, 2.45) is 0 Å². The maximum Gasteiger partial charge on any atom is 0.341 e. The number of thiophene rings is 1. The molecule has 1 N–H and O–H groups in total. The second kappa shape index (κ2) is 11.2. The average Bonchev–Trinajstić information content (AvgIpc) is 3.15. The minimum atomic E-state index is -0.619. The van der Waals surface area contributed by atoms with Crippen LogP contribution in [0.1, 0.15) is 53.1 Å². The summed E-state index contributed by atoms with van der Waals surface area (Å²) >= 11 is 7.65. The van der Waals surface area contributed by atoms with Gasteiger partial charge in [-0.3, -0.25) is 4.79 Å². The highest BCUT2D eigenvalue weighted by Crippen LogP contribution is 2.39. The predicted octanol–water partition coefficient (Wildman–Crippen LogP) is 5.41. The van der Waals surface area contributed by atoms with Crippen LogP contribution in [0.4, 0.5) is 5.00 Å². The van der Waals surface area contributed by atoms with Gasteiger partial charge < -0.3 is 19.5 Å². The molecule has 1 aliphatic carbocycles. The van der Waals surface area contributed by atoms with E-state index in [2.05, 4.69) is 5.32 Å². The summed E-state index contributed by atoms with van der Waals surface area (Å²) in [6.07, 6.45) is 5.05. The van der Waals surface area contributed by atoms with Crippen LogP contribution in [0.25, 0.3) is 6.08 Å². The van der Waals surface area contributed by atoms with Crippen molar-refractivity contribution in [2.75, 3.05) is 25.6 Å². The number of aryl methyl sites for hydroxylation is 1. The van der Waals surface area contributed by atoms with E-state index in [4.69, 9.17) is 25.8 Å². The molecule has 9 heteroatoms. The lowest BCUT2D eigenvalue weighted by atomic mass is 9.95. The van der Waals surface area contributed by atoms with Gasteiger partial charge >= 0.3 is 5.97 Å². The molecular formula is C24H25ClN2O5S. The molecule has 0 radical (unpaired) electrons. The zero-order valence-electron chi connectivity index (χ0n) is 18.7. The van der Waals surface area contributed by atoms with Gasteiger partial charge in [0.15, 0.2) is 11.5 Å². The van der Waals surface area contributed by atoms with E-state index in [9.17, 15) is 14.9 Å². The molecular weight excluding hydrogens is 464 g/mol. The van der Waals surface area contributed by atoms with Gasteiger partial charge in [-0.05, 0) is 68.9 Å². The van der Waals surface area contributed by atoms with E-state index in [1.54, 1.807) is 19.1 Å². The smallest absolute Gasteiger partial charge is 0.341 e. The van der Waals surface area contributed by atoms with Gasteiger partial charge in [-0.15, -0.1) is 11.3 Å². The van der Waals surface area contributed by atoms with Gasteiger partial charge in [-0.1, -0.05) is 11.6 Å². The van der Waals surface area contributed by atoms with Gasteiger partial charge in [0, 0.05) is 4.88 Å². The molecule has 0 saturated heterocycles. The van der Waals surface area contributed by atoms with E-state index in [0.717, 1.165) is 36.1 Å². The van der Waals surface area contributed by atoms with Crippen LogP contribution in [0.3, 0.4) is 0 Å². The number of hydrogen-bond acceptors (Lipinski definition) is 7. The van der Waals surface area contributed by atoms with Crippen LogP contribution in [-0.2, 0) is 22.4 Å². The highest BCUT2D eigenvalue weighted by Gasteiger charge is 2.28. The standard InChI is InChI=1S/C24H25ClN2O5S/c1-4-31-18-12-14(11-17(25)21(18)30-3)10-15(13-26)22(28)27-23-20(24(29)32-5-2)16-8-6-7-9-19(16)33-23/h10-12H,4-9H2,1-3H3,(H,27,28). The molecule has 0 aliphatic heterocycles. The Balaban J connectivity index is 1.94. The second-order valence-corrected chi connectivity index (χ2v) is 8.74. The third-order valence-electron chi connectivity index (χ3n) is 5.09. The SMILES string of the molecule is CCOC(=O)c1c(NC(=O)C(C#N)=Cc2cc(Cl)c(OC)c(OCC)c2)sc2c1CCCC2. The first-order chi connectivity index (χ1) is 15.9. The minimum absolute atomic E-state index is 0.139. The number of carbonyl (C=O) groups excluding carboxylic acids is 2. The molecule has 1 aliphatic rings. The number of amides is 1. The Bertz CT molecular complexity index is 1130. The molecule has 0 fully saturated rings. The van der Waals surface area contributed by atoms with Crippen molar-refractivity contribution in [3.8, 4) is 17.6 Å². The summed E-state index contributed by atoms with van der Waals surface area (Å²) in [6, 6.07) is 5.16. The first-order valence-electron chi connectivity index (χ1n) is 10.7. The van der Waals surface area contributed by atoms with Crippen molar-refractivity contribution in [3.05, 3.63) is 44.3 Å². The van der Waals surface area contributed by atoms with Crippen LogP contribution < -0.4 is 14.8 Å². The monoisotopic (exact) mass is 488 g/mol. The summed E-state index contributed by atoms with van der Waals surface area (Å²) in [7, 11) is 1.48. The Hall–Kier alpha value is -3.02. The zero-order chi connectivity index (χ0) is 24.0. The van der Waals surface area contributed by atoms with Gasteiger partial charge in [0.2, 0.25) is 0 Å². The van der Waals surface area contributed by atoms with Crippen LogP contribution >= 0.6 is 22.9 Å². The number of halogens is 1. The van der Waals surface area contributed by atoms with Crippen molar-refractivity contribution in [3.63, 3.8) is 0 Å². The van der Waals surface area contributed by atoms with Gasteiger partial charge in [-0.25, -0.2) is 4.79 Å². The van der Waals surface area contributed by atoms with Crippen molar-refractivity contribution in [1.82, 2.24) is 0 Å². The van der Waals surface area contributed by atoms with Gasteiger partial charge in [0.1, 0.15) is 16.6 Å². The Morgan fingerprint density at radius 3 is 2.67 bits per heavy atom. The lowest BCUT2D eigenvalue weighted by molar-refractivity contribution is -0.112. The number of carbonyl (C=O) groups is 2. The maximum absolute atomic E-state index is 13.0. The van der Waals surface area contributed by atoms with E-state index in [-0.39, 0.29) is 12.2 Å².